The summed E-state index contributed by atoms with van der Waals surface area (Å²) in [4.78, 5) is 21.4. The fourth-order valence-electron chi connectivity index (χ4n) is 0.822. The van der Waals surface area contributed by atoms with Gasteiger partial charge in [0.05, 0.1) is 12.7 Å². The minimum absolute atomic E-state index is 0.0416. The third-order valence-electron chi connectivity index (χ3n) is 1.52. The first-order valence-corrected chi connectivity index (χ1v) is 6.05. The number of carboxylic acid groups (broad SMARTS) is 1. The third kappa shape index (κ3) is 6.04. The molecule has 4 N–H and O–H groups in total. The molecular weight excluding hydrogens is 256 g/mol. The molecule has 0 aliphatic heterocycles. The molecule has 1 amide bonds. The number of hydrogen-bond donors (Lipinski definition) is 4. The van der Waals surface area contributed by atoms with Crippen LogP contribution in [0.3, 0.4) is 0 Å². The minimum atomic E-state index is -4.41. The van der Waals surface area contributed by atoms with Crippen molar-refractivity contribution in [1.82, 2.24) is 9.44 Å². The molecule has 0 unspecified atom stereocenters. The first-order chi connectivity index (χ1) is 7.69. The summed E-state index contributed by atoms with van der Waals surface area (Å²) < 4.78 is 29.8. The molecule has 2 atom stereocenters. The summed E-state index contributed by atoms with van der Waals surface area (Å²) in [6.07, 6.45) is -2.71. The Hall–Kier alpha value is -1.39. The van der Waals surface area contributed by atoms with E-state index in [4.69, 9.17) is 10.2 Å². The normalized spacial score (nSPS) is 14.8. The molecule has 0 spiro atoms. The highest BCUT2D eigenvalue weighted by Crippen LogP contribution is 1.95. The number of carbonyl (C=O) groups is 2. The molecule has 0 aliphatic rings. The van der Waals surface area contributed by atoms with Crippen LogP contribution in [0, 0.1) is 0 Å². The second-order valence-corrected chi connectivity index (χ2v) is 4.45. The number of nitrogens with one attached hydrogen (secondary N) is 2. The summed E-state index contributed by atoms with van der Waals surface area (Å²) in [6, 6.07) is -1.76. The van der Waals surface area contributed by atoms with Crippen LogP contribution in [0.2, 0.25) is 0 Å². The van der Waals surface area contributed by atoms with Crippen LogP contribution in [0.1, 0.15) is 13.8 Å². The number of aliphatic carboxylic acids is 1. The van der Waals surface area contributed by atoms with Crippen LogP contribution in [0.25, 0.3) is 0 Å². The van der Waals surface area contributed by atoms with Gasteiger partial charge in [-0.15, -0.1) is 0 Å². The fraction of sp³-hybridized carbons (Fsp3) is 0.714. The zero-order valence-corrected chi connectivity index (χ0v) is 10.0. The maximum atomic E-state index is 11.2. The van der Waals surface area contributed by atoms with E-state index in [1.165, 1.54) is 11.6 Å². The molecule has 0 saturated carbocycles. The van der Waals surface area contributed by atoms with Crippen LogP contribution in [0.4, 0.5) is 4.79 Å². The maximum absolute atomic E-state index is 11.2. The lowest BCUT2D eigenvalue weighted by Crippen LogP contribution is -2.52. The van der Waals surface area contributed by atoms with Gasteiger partial charge in [-0.3, -0.25) is 4.79 Å². The fourth-order valence-corrected chi connectivity index (χ4v) is 1.79. The zero-order valence-electron chi connectivity index (χ0n) is 9.21. The molecule has 0 aromatic rings. The summed E-state index contributed by atoms with van der Waals surface area (Å²) in [5.74, 6) is -1.57. The van der Waals surface area contributed by atoms with Crippen molar-refractivity contribution in [3.63, 3.8) is 0 Å². The van der Waals surface area contributed by atoms with Gasteiger partial charge in [0.1, 0.15) is 6.04 Å². The van der Waals surface area contributed by atoms with Crippen molar-refractivity contribution in [2.24, 2.45) is 0 Å². The number of ether oxygens (including phenoxy) is 1. The van der Waals surface area contributed by atoms with Gasteiger partial charge in [-0.2, -0.15) is 13.1 Å². The first-order valence-electron chi connectivity index (χ1n) is 4.57. The molecule has 100 valence electrons. The molecule has 10 heteroatoms. The largest absolute Gasteiger partial charge is 0.480 e. The lowest BCUT2D eigenvalue weighted by molar-refractivity contribution is -0.141. The number of hydrogen-bond acceptors (Lipinski definition) is 6. The lowest BCUT2D eigenvalue weighted by atomic mass is 10.2. The molecule has 0 rings (SSSR count). The van der Waals surface area contributed by atoms with Gasteiger partial charge in [-0.1, -0.05) is 0 Å². The average Bonchev–Trinajstić information content (AvgIpc) is 2.12. The highest BCUT2D eigenvalue weighted by atomic mass is 32.2. The SMILES string of the molecule is CCOC(=O)NS(=O)(=O)N[C@H](C(=O)O)[C@@H](C)O. The molecule has 9 nitrogen and oxygen atoms in total. The van der Waals surface area contributed by atoms with Gasteiger partial charge in [-0.05, 0) is 13.8 Å². The second kappa shape index (κ2) is 6.37. The average molecular weight is 270 g/mol. The van der Waals surface area contributed by atoms with Crippen molar-refractivity contribution in [2.75, 3.05) is 6.61 Å². The molecule has 0 aromatic heterocycles. The third-order valence-corrected chi connectivity index (χ3v) is 2.52. The second-order valence-electron chi connectivity index (χ2n) is 3.00. The van der Waals surface area contributed by atoms with Crippen LogP contribution in [0.15, 0.2) is 0 Å². The summed E-state index contributed by atoms with van der Waals surface area (Å²) >= 11 is 0. The van der Waals surface area contributed by atoms with Gasteiger partial charge >= 0.3 is 22.3 Å². The zero-order chi connectivity index (χ0) is 13.6. The van der Waals surface area contributed by atoms with Crippen molar-refractivity contribution in [2.45, 2.75) is 26.0 Å². The molecule has 0 saturated heterocycles. The Balaban J connectivity index is 4.63. The molecule has 17 heavy (non-hydrogen) atoms. The summed E-state index contributed by atoms with van der Waals surface area (Å²) in [5, 5.41) is 17.6. The molecule has 0 aliphatic carbocycles. The topological polar surface area (TPSA) is 142 Å². The van der Waals surface area contributed by atoms with E-state index in [0.29, 0.717) is 0 Å². The summed E-state index contributed by atoms with van der Waals surface area (Å²) in [5.41, 5.74) is 0. The molecule has 0 radical (unpaired) electrons. The van der Waals surface area contributed by atoms with Crippen molar-refractivity contribution >= 4 is 22.3 Å². The number of carboxylic acids is 1. The van der Waals surface area contributed by atoms with E-state index >= 15 is 0 Å². The smallest absolute Gasteiger partial charge is 0.421 e. The molecule has 0 heterocycles. The van der Waals surface area contributed by atoms with E-state index in [2.05, 4.69) is 4.74 Å². The monoisotopic (exact) mass is 270 g/mol. The maximum Gasteiger partial charge on any atom is 0.421 e. The van der Waals surface area contributed by atoms with Crippen LogP contribution < -0.4 is 9.44 Å². The van der Waals surface area contributed by atoms with Gasteiger partial charge in [0.2, 0.25) is 0 Å². The van der Waals surface area contributed by atoms with Crippen molar-refractivity contribution < 1.29 is 33.0 Å². The Bertz CT molecular complexity index is 378. The van der Waals surface area contributed by atoms with Gasteiger partial charge in [0, 0.05) is 0 Å². The Labute approximate surface area is 97.9 Å². The highest BCUT2D eigenvalue weighted by Gasteiger charge is 2.29. The van der Waals surface area contributed by atoms with Crippen molar-refractivity contribution in [3.8, 4) is 0 Å². The Morgan fingerprint density at radius 2 is 1.94 bits per heavy atom. The van der Waals surface area contributed by atoms with Gasteiger partial charge in [-0.25, -0.2) is 9.52 Å². The van der Waals surface area contributed by atoms with Gasteiger partial charge in [0.25, 0.3) is 0 Å². The van der Waals surface area contributed by atoms with Crippen molar-refractivity contribution in [1.29, 1.82) is 0 Å². The lowest BCUT2D eigenvalue weighted by Gasteiger charge is -2.17. The van der Waals surface area contributed by atoms with E-state index in [1.54, 1.807) is 4.72 Å². The molecule has 0 aromatic carbocycles. The Morgan fingerprint density at radius 3 is 2.29 bits per heavy atom. The minimum Gasteiger partial charge on any atom is -0.480 e. The number of carbonyl (C=O) groups excluding carboxylic acids is 1. The predicted molar refractivity (Wildman–Crippen MR) is 55.3 cm³/mol. The highest BCUT2D eigenvalue weighted by molar-refractivity contribution is 7.88. The van der Waals surface area contributed by atoms with Gasteiger partial charge < -0.3 is 14.9 Å². The molecular formula is C7H14N2O7S. The number of amides is 1. The predicted octanol–water partition coefficient (Wildman–Crippen LogP) is -1.60. The first kappa shape index (κ1) is 15.6. The van der Waals surface area contributed by atoms with E-state index in [0.717, 1.165) is 6.92 Å². The molecule has 0 bridgehead atoms. The summed E-state index contributed by atoms with van der Waals surface area (Å²) in [6.45, 7) is 2.52. The number of aliphatic hydroxyl groups excluding tert-OH is 1. The van der Waals surface area contributed by atoms with Crippen LogP contribution in [-0.4, -0.2) is 49.4 Å². The molecule has 0 fully saturated rings. The van der Waals surface area contributed by atoms with Crippen LogP contribution in [-0.2, 0) is 19.7 Å². The summed E-state index contributed by atoms with van der Waals surface area (Å²) in [7, 11) is -4.41. The standard InChI is InChI=1S/C7H14N2O7S/c1-3-16-7(13)9-17(14,15)8-5(4(2)10)6(11)12/h4-5,8,10H,3H2,1-2H3,(H,9,13)(H,11,12)/t4-,5+/m1/s1. The van der Waals surface area contributed by atoms with E-state index in [-0.39, 0.29) is 6.61 Å². The van der Waals surface area contributed by atoms with Gasteiger partial charge in [0.15, 0.2) is 0 Å². The van der Waals surface area contributed by atoms with E-state index in [1.807, 2.05) is 0 Å². The van der Waals surface area contributed by atoms with E-state index in [9.17, 15) is 18.0 Å². The quantitative estimate of drug-likeness (QED) is 0.455. The van der Waals surface area contributed by atoms with E-state index < -0.39 is 34.4 Å². The van der Waals surface area contributed by atoms with Crippen molar-refractivity contribution in [3.05, 3.63) is 0 Å². The Morgan fingerprint density at radius 1 is 1.41 bits per heavy atom. The number of aliphatic hydroxyl groups is 1. The Kier molecular flexibility index (Phi) is 5.85. The number of rotatable bonds is 6. The van der Waals surface area contributed by atoms with Crippen LogP contribution >= 0.6 is 0 Å². The van der Waals surface area contributed by atoms with Crippen LogP contribution in [0.5, 0.6) is 0 Å².